The highest BCUT2D eigenvalue weighted by atomic mass is 32.1. The highest BCUT2D eigenvalue weighted by molar-refractivity contribution is 7.14. The molecule has 4 aromatic rings. The summed E-state index contributed by atoms with van der Waals surface area (Å²) in [6.45, 7) is -0.513. The first-order chi connectivity index (χ1) is 16.6. The van der Waals surface area contributed by atoms with Gasteiger partial charge in [-0.3, -0.25) is 14.9 Å². The summed E-state index contributed by atoms with van der Waals surface area (Å²) in [6, 6.07) is 20.8. The number of ether oxygens (including phenoxy) is 1. The Hall–Kier alpha value is -4.24. The van der Waals surface area contributed by atoms with Crippen LogP contribution in [0.3, 0.4) is 0 Å². The zero-order valence-electron chi connectivity index (χ0n) is 18.0. The lowest BCUT2D eigenvalue weighted by atomic mass is 10.1. The second-order valence-corrected chi connectivity index (χ2v) is 8.11. The predicted octanol–water partition coefficient (Wildman–Crippen LogP) is 3.93. The number of nitrogens with zero attached hydrogens (tertiary/aromatic N) is 1. The van der Waals surface area contributed by atoms with E-state index in [-0.39, 0.29) is 12.2 Å². The Labute approximate surface area is 199 Å². The molecule has 9 heteroatoms. The zero-order valence-corrected chi connectivity index (χ0v) is 18.8. The maximum atomic E-state index is 12.7. The van der Waals surface area contributed by atoms with E-state index >= 15 is 0 Å². The summed E-state index contributed by atoms with van der Waals surface area (Å²) in [5, 5.41) is 7.47. The van der Waals surface area contributed by atoms with Gasteiger partial charge in [-0.25, -0.2) is 9.78 Å². The molecular weight excluding hydrogens is 454 g/mol. The molecule has 34 heavy (non-hydrogen) atoms. The van der Waals surface area contributed by atoms with Crippen molar-refractivity contribution in [1.82, 2.24) is 10.3 Å². The molecule has 2 aromatic heterocycles. The third-order valence-corrected chi connectivity index (χ3v) is 5.54. The second-order valence-electron chi connectivity index (χ2n) is 7.25. The molecule has 2 heterocycles. The highest BCUT2D eigenvalue weighted by Crippen LogP contribution is 2.24. The van der Waals surface area contributed by atoms with Crippen molar-refractivity contribution in [3.8, 4) is 11.3 Å². The molecule has 1 unspecified atom stereocenters. The molecule has 2 N–H and O–H groups in total. The lowest BCUT2D eigenvalue weighted by Crippen LogP contribution is -2.44. The van der Waals surface area contributed by atoms with E-state index in [1.807, 2.05) is 66.0 Å². The number of carbonyl (C=O) groups is 3. The third kappa shape index (κ3) is 6.17. The zero-order chi connectivity index (χ0) is 23.8. The number of aromatic nitrogens is 1. The number of rotatable bonds is 9. The average molecular weight is 476 g/mol. The first-order valence-corrected chi connectivity index (χ1v) is 11.3. The number of esters is 1. The molecule has 0 aliphatic carbocycles. The van der Waals surface area contributed by atoms with Gasteiger partial charge in [-0.2, -0.15) is 0 Å². The maximum absolute atomic E-state index is 12.7. The number of carbonyl (C=O) groups excluding carboxylic acids is 3. The summed E-state index contributed by atoms with van der Waals surface area (Å²) < 4.78 is 10.3. The van der Waals surface area contributed by atoms with Gasteiger partial charge in [0.15, 0.2) is 17.5 Å². The lowest BCUT2D eigenvalue weighted by Gasteiger charge is -2.17. The highest BCUT2D eigenvalue weighted by Gasteiger charge is 2.25. The number of amides is 2. The van der Waals surface area contributed by atoms with Crippen LogP contribution in [0.5, 0.6) is 0 Å². The fourth-order valence-corrected chi connectivity index (χ4v) is 3.88. The fourth-order valence-electron chi connectivity index (χ4n) is 3.15. The normalized spacial score (nSPS) is 11.4. The molecule has 1 atom stereocenters. The molecule has 0 bridgehead atoms. The fraction of sp³-hybridized carbons (Fsp3) is 0.120. The number of nitrogens with one attached hydrogen (secondary N) is 2. The van der Waals surface area contributed by atoms with Crippen LogP contribution >= 0.6 is 11.3 Å². The molecule has 0 fully saturated rings. The van der Waals surface area contributed by atoms with E-state index in [0.29, 0.717) is 5.13 Å². The Balaban J connectivity index is 1.35. The van der Waals surface area contributed by atoms with Crippen LogP contribution in [0.1, 0.15) is 16.1 Å². The van der Waals surface area contributed by atoms with Gasteiger partial charge in [-0.1, -0.05) is 60.7 Å². The van der Waals surface area contributed by atoms with Crippen molar-refractivity contribution < 1.29 is 23.5 Å². The van der Waals surface area contributed by atoms with E-state index in [9.17, 15) is 14.4 Å². The molecule has 2 amide bonds. The Morgan fingerprint density at radius 3 is 2.41 bits per heavy atom. The topological polar surface area (TPSA) is 111 Å². The van der Waals surface area contributed by atoms with E-state index in [2.05, 4.69) is 15.6 Å². The molecule has 172 valence electrons. The summed E-state index contributed by atoms with van der Waals surface area (Å²) in [4.78, 5) is 41.9. The van der Waals surface area contributed by atoms with Crippen molar-refractivity contribution in [3.05, 3.63) is 95.8 Å². The van der Waals surface area contributed by atoms with Crippen LogP contribution < -0.4 is 10.6 Å². The van der Waals surface area contributed by atoms with Crippen LogP contribution in [-0.4, -0.2) is 35.4 Å². The van der Waals surface area contributed by atoms with Crippen molar-refractivity contribution in [3.63, 3.8) is 0 Å². The van der Waals surface area contributed by atoms with Gasteiger partial charge in [-0.05, 0) is 17.7 Å². The molecule has 0 saturated heterocycles. The number of anilines is 1. The first kappa shape index (κ1) is 22.9. The van der Waals surface area contributed by atoms with Crippen molar-refractivity contribution >= 4 is 34.3 Å². The van der Waals surface area contributed by atoms with Gasteiger partial charge in [-0.15, -0.1) is 11.3 Å². The Morgan fingerprint density at radius 2 is 1.71 bits per heavy atom. The van der Waals surface area contributed by atoms with E-state index in [1.54, 1.807) is 6.07 Å². The van der Waals surface area contributed by atoms with E-state index < -0.39 is 30.4 Å². The van der Waals surface area contributed by atoms with Crippen molar-refractivity contribution in [2.75, 3.05) is 11.9 Å². The van der Waals surface area contributed by atoms with Gasteiger partial charge in [0.05, 0.1) is 12.0 Å². The molecule has 0 spiro atoms. The largest absolute Gasteiger partial charge is 0.459 e. The van der Waals surface area contributed by atoms with Crippen molar-refractivity contribution in [2.24, 2.45) is 0 Å². The second kappa shape index (κ2) is 11.1. The van der Waals surface area contributed by atoms with Gasteiger partial charge in [0.2, 0.25) is 0 Å². The summed E-state index contributed by atoms with van der Waals surface area (Å²) in [7, 11) is 0. The Bertz CT molecular complexity index is 1240. The van der Waals surface area contributed by atoms with Crippen LogP contribution in [0.15, 0.2) is 88.9 Å². The van der Waals surface area contributed by atoms with Crippen LogP contribution in [0, 0.1) is 0 Å². The molecule has 4 rings (SSSR count). The van der Waals surface area contributed by atoms with Crippen molar-refractivity contribution in [2.45, 2.75) is 12.5 Å². The van der Waals surface area contributed by atoms with E-state index in [1.165, 1.54) is 23.7 Å². The Kier molecular flexibility index (Phi) is 7.46. The minimum absolute atomic E-state index is 0.0709. The summed E-state index contributed by atoms with van der Waals surface area (Å²) >= 11 is 1.27. The standard InChI is InChI=1S/C25H21N3O5S/c29-22(28-25-27-20(16-34-25)18-10-5-2-6-11-18)15-33-24(31)19(14-17-8-3-1-4-9-17)26-23(30)21-12-7-13-32-21/h1-13,16,19H,14-15H2,(H,26,30)(H,27,28,29). The van der Waals surface area contributed by atoms with Crippen LogP contribution in [0.2, 0.25) is 0 Å². The predicted molar refractivity (Wildman–Crippen MR) is 127 cm³/mol. The van der Waals surface area contributed by atoms with E-state index in [0.717, 1.165) is 16.8 Å². The molecule has 0 aliphatic rings. The Morgan fingerprint density at radius 1 is 0.971 bits per heavy atom. The SMILES string of the molecule is O=C(COC(=O)C(Cc1ccccc1)NC(=O)c1ccco1)Nc1nc(-c2ccccc2)cs1. The summed E-state index contributed by atoms with van der Waals surface area (Å²) in [5.74, 6) is -1.74. The van der Waals surface area contributed by atoms with Crippen LogP contribution in [0.25, 0.3) is 11.3 Å². The quantitative estimate of drug-likeness (QED) is 0.355. The van der Waals surface area contributed by atoms with Gasteiger partial charge in [0.1, 0.15) is 6.04 Å². The minimum Gasteiger partial charge on any atom is -0.459 e. The van der Waals surface area contributed by atoms with Gasteiger partial charge in [0.25, 0.3) is 11.8 Å². The van der Waals surface area contributed by atoms with Gasteiger partial charge in [0, 0.05) is 17.4 Å². The van der Waals surface area contributed by atoms with Crippen LogP contribution in [0.4, 0.5) is 5.13 Å². The van der Waals surface area contributed by atoms with E-state index in [4.69, 9.17) is 9.15 Å². The summed E-state index contributed by atoms with van der Waals surface area (Å²) in [5.41, 5.74) is 2.49. The molecule has 0 radical (unpaired) electrons. The summed E-state index contributed by atoms with van der Waals surface area (Å²) in [6.07, 6.45) is 1.56. The third-order valence-electron chi connectivity index (χ3n) is 4.78. The molecule has 0 aliphatic heterocycles. The molecule has 0 saturated carbocycles. The number of thiazole rings is 1. The number of furan rings is 1. The van der Waals surface area contributed by atoms with Gasteiger partial charge >= 0.3 is 5.97 Å². The minimum atomic E-state index is -1.00. The van der Waals surface area contributed by atoms with Crippen LogP contribution in [-0.2, 0) is 20.7 Å². The first-order valence-electron chi connectivity index (χ1n) is 10.4. The molecular formula is C25H21N3O5S. The molecule has 2 aromatic carbocycles. The van der Waals surface area contributed by atoms with Crippen molar-refractivity contribution in [1.29, 1.82) is 0 Å². The van der Waals surface area contributed by atoms with Gasteiger partial charge < -0.3 is 14.5 Å². The number of hydrogen-bond donors (Lipinski definition) is 2. The monoisotopic (exact) mass is 475 g/mol. The number of hydrogen-bond acceptors (Lipinski definition) is 7. The lowest BCUT2D eigenvalue weighted by molar-refractivity contribution is -0.149. The maximum Gasteiger partial charge on any atom is 0.329 e. The molecule has 8 nitrogen and oxygen atoms in total. The average Bonchev–Trinajstić information content (AvgIpc) is 3.56. The number of benzene rings is 2. The smallest absolute Gasteiger partial charge is 0.329 e.